The molecular formula is C15H20O3. The van der Waals surface area contributed by atoms with Gasteiger partial charge in [-0.15, -0.1) is 0 Å². The molecule has 0 aliphatic carbocycles. The van der Waals surface area contributed by atoms with Gasteiger partial charge in [0, 0.05) is 0 Å². The van der Waals surface area contributed by atoms with Crippen LogP contribution in [-0.2, 0) is 20.8 Å². The molecule has 3 heteroatoms. The fourth-order valence-corrected chi connectivity index (χ4v) is 2.83. The summed E-state index contributed by atoms with van der Waals surface area (Å²) in [6.45, 7) is 3.36. The van der Waals surface area contributed by atoms with Crippen molar-refractivity contribution in [1.82, 2.24) is 0 Å². The van der Waals surface area contributed by atoms with Crippen LogP contribution in [0.4, 0.5) is 0 Å². The molecule has 0 aromatic heterocycles. The van der Waals surface area contributed by atoms with Crippen molar-refractivity contribution in [3.8, 4) is 0 Å². The largest absolute Gasteiger partial charge is 0.374 e. The highest BCUT2D eigenvalue weighted by atomic mass is 16.7. The van der Waals surface area contributed by atoms with E-state index >= 15 is 0 Å². The second-order valence-electron chi connectivity index (χ2n) is 5.26. The molecule has 98 valence electrons. The molecule has 0 amide bonds. The van der Waals surface area contributed by atoms with Gasteiger partial charge in [-0.1, -0.05) is 30.3 Å². The number of hydrogen-bond donors (Lipinski definition) is 0. The molecule has 0 unspecified atom stereocenters. The minimum atomic E-state index is -0.211. The molecule has 2 saturated heterocycles. The molecule has 2 bridgehead atoms. The van der Waals surface area contributed by atoms with Gasteiger partial charge < -0.3 is 14.2 Å². The molecule has 0 saturated carbocycles. The Morgan fingerprint density at radius 2 is 2.17 bits per heavy atom. The van der Waals surface area contributed by atoms with Crippen molar-refractivity contribution < 1.29 is 14.2 Å². The van der Waals surface area contributed by atoms with Gasteiger partial charge in [0.15, 0.2) is 6.29 Å². The van der Waals surface area contributed by atoms with E-state index in [9.17, 15) is 0 Å². The highest BCUT2D eigenvalue weighted by Gasteiger charge is 2.50. The predicted octanol–water partition coefficient (Wildman–Crippen LogP) is 2.89. The second kappa shape index (κ2) is 5.00. The monoisotopic (exact) mass is 248 g/mol. The number of hydrogen-bond acceptors (Lipinski definition) is 3. The van der Waals surface area contributed by atoms with E-state index < -0.39 is 0 Å². The van der Waals surface area contributed by atoms with Gasteiger partial charge in [0.1, 0.15) is 5.60 Å². The lowest BCUT2D eigenvalue weighted by Crippen LogP contribution is -2.44. The van der Waals surface area contributed by atoms with Crippen LogP contribution in [0.3, 0.4) is 0 Å². The number of ether oxygens (including phenoxy) is 3. The third-order valence-electron chi connectivity index (χ3n) is 3.96. The van der Waals surface area contributed by atoms with Gasteiger partial charge in [-0.05, 0) is 31.7 Å². The van der Waals surface area contributed by atoms with E-state index in [1.165, 1.54) is 12.0 Å². The minimum absolute atomic E-state index is 0.00549. The van der Waals surface area contributed by atoms with Crippen LogP contribution in [0.15, 0.2) is 30.3 Å². The normalized spacial score (nSPS) is 34.7. The summed E-state index contributed by atoms with van der Waals surface area (Å²) in [5, 5.41) is 0. The first-order valence-corrected chi connectivity index (χ1v) is 6.73. The van der Waals surface area contributed by atoms with Crippen LogP contribution in [0.25, 0.3) is 0 Å². The molecule has 2 aliphatic heterocycles. The van der Waals surface area contributed by atoms with Gasteiger partial charge in [-0.2, -0.15) is 0 Å². The van der Waals surface area contributed by atoms with Crippen molar-refractivity contribution in [3.05, 3.63) is 35.9 Å². The molecule has 1 aromatic rings. The molecule has 0 spiro atoms. The third kappa shape index (κ3) is 2.30. The first-order valence-electron chi connectivity index (χ1n) is 6.73. The summed E-state index contributed by atoms with van der Waals surface area (Å²) in [7, 11) is 0. The van der Waals surface area contributed by atoms with Crippen molar-refractivity contribution in [1.29, 1.82) is 0 Å². The van der Waals surface area contributed by atoms with Crippen LogP contribution in [0.1, 0.15) is 31.7 Å². The van der Waals surface area contributed by atoms with Gasteiger partial charge in [0.2, 0.25) is 0 Å². The Balaban J connectivity index is 1.56. The van der Waals surface area contributed by atoms with Crippen LogP contribution < -0.4 is 0 Å². The van der Waals surface area contributed by atoms with Gasteiger partial charge in [0.05, 0.1) is 19.3 Å². The standard InChI is InChI=1S/C15H20O3/c1-12-15(9-5-8-14(17-12)18-15)11-16-10-13-6-3-2-4-7-13/h2-4,6-7,12,14H,5,8-11H2,1H3/t12-,14+,15+/m0/s1. The van der Waals surface area contributed by atoms with Crippen molar-refractivity contribution in [2.75, 3.05) is 6.61 Å². The van der Waals surface area contributed by atoms with E-state index in [2.05, 4.69) is 19.1 Å². The molecule has 2 heterocycles. The Bertz CT molecular complexity index is 392. The predicted molar refractivity (Wildman–Crippen MR) is 68.1 cm³/mol. The Hall–Kier alpha value is -0.900. The smallest absolute Gasteiger partial charge is 0.159 e. The van der Waals surface area contributed by atoms with Crippen LogP contribution in [0, 0.1) is 0 Å². The van der Waals surface area contributed by atoms with E-state index in [1.807, 2.05) is 18.2 Å². The second-order valence-corrected chi connectivity index (χ2v) is 5.26. The molecule has 0 radical (unpaired) electrons. The third-order valence-corrected chi connectivity index (χ3v) is 3.96. The Morgan fingerprint density at radius 1 is 1.33 bits per heavy atom. The maximum atomic E-state index is 5.99. The summed E-state index contributed by atoms with van der Waals surface area (Å²) < 4.78 is 17.6. The summed E-state index contributed by atoms with van der Waals surface area (Å²) in [5.74, 6) is 0. The van der Waals surface area contributed by atoms with Crippen molar-refractivity contribution >= 4 is 0 Å². The molecule has 18 heavy (non-hydrogen) atoms. The summed E-state index contributed by atoms with van der Waals surface area (Å²) in [5.41, 5.74) is 0.991. The lowest BCUT2D eigenvalue weighted by molar-refractivity contribution is -0.143. The summed E-state index contributed by atoms with van der Waals surface area (Å²) in [6.07, 6.45) is 3.36. The number of fused-ring (bicyclic) bond motifs is 2. The topological polar surface area (TPSA) is 27.7 Å². The zero-order chi connectivity index (χ0) is 12.4. The van der Waals surface area contributed by atoms with Crippen molar-refractivity contribution in [2.24, 2.45) is 0 Å². The van der Waals surface area contributed by atoms with Crippen LogP contribution in [0.5, 0.6) is 0 Å². The van der Waals surface area contributed by atoms with E-state index in [1.54, 1.807) is 0 Å². The molecule has 0 N–H and O–H groups in total. The SMILES string of the molecule is C[C@@H]1O[C@H]2CCC[C@]1(COCc1ccccc1)O2. The van der Waals surface area contributed by atoms with E-state index in [-0.39, 0.29) is 18.0 Å². The van der Waals surface area contributed by atoms with Crippen LogP contribution >= 0.6 is 0 Å². The van der Waals surface area contributed by atoms with Crippen LogP contribution in [-0.4, -0.2) is 24.6 Å². The Labute approximate surface area is 108 Å². The maximum absolute atomic E-state index is 5.99. The van der Waals surface area contributed by atoms with Gasteiger partial charge in [-0.3, -0.25) is 0 Å². The summed E-state index contributed by atoms with van der Waals surface area (Å²) >= 11 is 0. The van der Waals surface area contributed by atoms with E-state index in [0.29, 0.717) is 13.2 Å². The number of benzene rings is 1. The fourth-order valence-electron chi connectivity index (χ4n) is 2.83. The zero-order valence-electron chi connectivity index (χ0n) is 10.8. The highest BCUT2D eigenvalue weighted by molar-refractivity contribution is 5.13. The first-order chi connectivity index (χ1) is 8.78. The first kappa shape index (κ1) is 12.2. The lowest BCUT2D eigenvalue weighted by Gasteiger charge is -2.33. The maximum Gasteiger partial charge on any atom is 0.159 e. The summed E-state index contributed by atoms with van der Waals surface area (Å²) in [4.78, 5) is 0. The fraction of sp³-hybridized carbons (Fsp3) is 0.600. The van der Waals surface area contributed by atoms with Crippen LogP contribution in [0.2, 0.25) is 0 Å². The molecule has 2 aliphatic rings. The van der Waals surface area contributed by atoms with E-state index in [0.717, 1.165) is 12.8 Å². The van der Waals surface area contributed by atoms with Gasteiger partial charge in [-0.25, -0.2) is 0 Å². The zero-order valence-corrected chi connectivity index (χ0v) is 10.8. The summed E-state index contributed by atoms with van der Waals surface area (Å²) in [6, 6.07) is 10.2. The molecule has 3 rings (SSSR count). The average molecular weight is 248 g/mol. The van der Waals surface area contributed by atoms with Gasteiger partial charge in [0.25, 0.3) is 0 Å². The molecule has 2 fully saturated rings. The Kier molecular flexibility index (Phi) is 3.37. The van der Waals surface area contributed by atoms with Crippen molar-refractivity contribution in [3.63, 3.8) is 0 Å². The molecular weight excluding hydrogens is 228 g/mol. The highest BCUT2D eigenvalue weighted by Crippen LogP contribution is 2.40. The molecule has 3 nitrogen and oxygen atoms in total. The lowest BCUT2D eigenvalue weighted by atomic mass is 9.91. The van der Waals surface area contributed by atoms with E-state index in [4.69, 9.17) is 14.2 Å². The quantitative estimate of drug-likeness (QED) is 0.820. The molecule has 1 aromatic carbocycles. The Morgan fingerprint density at radius 3 is 3.00 bits per heavy atom. The molecule has 3 atom stereocenters. The number of rotatable bonds is 4. The van der Waals surface area contributed by atoms with Gasteiger partial charge >= 0.3 is 0 Å². The minimum Gasteiger partial charge on any atom is -0.374 e. The van der Waals surface area contributed by atoms with Crippen molar-refractivity contribution in [2.45, 2.75) is 50.8 Å². The average Bonchev–Trinajstić information content (AvgIpc) is 2.61.